The number of piperazine rings is 1. The summed E-state index contributed by atoms with van der Waals surface area (Å²) in [5.74, 6) is 0.509. The highest BCUT2D eigenvalue weighted by Gasteiger charge is 2.29. The summed E-state index contributed by atoms with van der Waals surface area (Å²) in [5, 5.41) is 0.926. The van der Waals surface area contributed by atoms with E-state index in [0.717, 1.165) is 42.9 Å². The zero-order valence-corrected chi connectivity index (χ0v) is 16.5. The van der Waals surface area contributed by atoms with Gasteiger partial charge in [-0.2, -0.15) is 0 Å². The molecule has 0 bridgehead atoms. The number of nitrogens with zero attached hydrogens (tertiary/aromatic N) is 2. The molecular weight excluding hydrogens is 350 g/mol. The lowest BCUT2D eigenvalue weighted by Gasteiger charge is -2.44. The first-order chi connectivity index (χ1) is 13.5. The number of carbonyl (C=O) groups excluding carboxylic acids is 1. The molecule has 0 saturated carbocycles. The number of benzene rings is 2. The first-order valence-corrected chi connectivity index (χ1v) is 9.84. The Morgan fingerprint density at radius 1 is 1.04 bits per heavy atom. The molecule has 0 spiro atoms. The van der Waals surface area contributed by atoms with Gasteiger partial charge in [-0.3, -0.25) is 14.6 Å². The van der Waals surface area contributed by atoms with Crippen molar-refractivity contribution in [3.63, 3.8) is 0 Å². The molecule has 146 valence electrons. The Morgan fingerprint density at radius 2 is 1.75 bits per heavy atom. The lowest BCUT2D eigenvalue weighted by molar-refractivity contribution is 0.0263. The fourth-order valence-corrected chi connectivity index (χ4v) is 4.25. The van der Waals surface area contributed by atoms with Gasteiger partial charge in [0, 0.05) is 42.7 Å². The van der Waals surface area contributed by atoms with Crippen molar-refractivity contribution in [2.24, 2.45) is 5.73 Å². The highest BCUT2D eigenvalue weighted by atomic mass is 16.3. The van der Waals surface area contributed by atoms with Crippen molar-refractivity contribution in [2.45, 2.75) is 39.0 Å². The summed E-state index contributed by atoms with van der Waals surface area (Å²) in [7, 11) is 0. The van der Waals surface area contributed by atoms with Gasteiger partial charge in [-0.1, -0.05) is 30.3 Å². The third-order valence-electron chi connectivity index (χ3n) is 5.62. The maximum Gasteiger partial charge on any atom is 0.248 e. The van der Waals surface area contributed by atoms with E-state index < -0.39 is 5.91 Å². The number of fused-ring (bicyclic) bond motifs is 1. The van der Waals surface area contributed by atoms with Crippen LogP contribution in [-0.2, 0) is 13.1 Å². The van der Waals surface area contributed by atoms with E-state index in [9.17, 15) is 4.79 Å². The summed E-state index contributed by atoms with van der Waals surface area (Å²) < 4.78 is 5.99. The minimum absolute atomic E-state index is 0.415. The van der Waals surface area contributed by atoms with E-state index in [4.69, 9.17) is 10.2 Å². The molecule has 1 amide bonds. The molecule has 4 rings (SSSR count). The SMILES string of the molecule is CC1CN(Cc2cc3cc(C(N)=O)ccc3o2)CC(C)N1Cc1ccccc1. The lowest BCUT2D eigenvalue weighted by atomic mass is 10.1. The van der Waals surface area contributed by atoms with Gasteiger partial charge in [0.25, 0.3) is 0 Å². The van der Waals surface area contributed by atoms with Gasteiger partial charge in [-0.25, -0.2) is 0 Å². The summed E-state index contributed by atoms with van der Waals surface area (Å²) in [6, 6.07) is 18.9. The van der Waals surface area contributed by atoms with Gasteiger partial charge in [0.1, 0.15) is 11.3 Å². The molecule has 3 aromatic rings. The van der Waals surface area contributed by atoms with Gasteiger partial charge in [0.05, 0.1) is 6.54 Å². The van der Waals surface area contributed by atoms with Crippen molar-refractivity contribution in [1.29, 1.82) is 0 Å². The molecule has 2 unspecified atom stereocenters. The monoisotopic (exact) mass is 377 g/mol. The van der Waals surface area contributed by atoms with Crippen molar-refractivity contribution in [1.82, 2.24) is 9.80 Å². The van der Waals surface area contributed by atoms with Crippen LogP contribution in [0.3, 0.4) is 0 Å². The van der Waals surface area contributed by atoms with E-state index in [1.165, 1.54) is 5.56 Å². The van der Waals surface area contributed by atoms with Crippen LogP contribution in [0.15, 0.2) is 59.0 Å². The lowest BCUT2D eigenvalue weighted by Crippen LogP contribution is -2.55. The van der Waals surface area contributed by atoms with Crippen LogP contribution in [0.2, 0.25) is 0 Å². The molecule has 5 nitrogen and oxygen atoms in total. The molecule has 2 N–H and O–H groups in total. The van der Waals surface area contributed by atoms with Crippen LogP contribution in [0.5, 0.6) is 0 Å². The smallest absolute Gasteiger partial charge is 0.248 e. The molecule has 0 radical (unpaired) electrons. The van der Waals surface area contributed by atoms with Crippen molar-refractivity contribution in [3.8, 4) is 0 Å². The molecule has 1 aromatic heterocycles. The fraction of sp³-hybridized carbons (Fsp3) is 0.348. The van der Waals surface area contributed by atoms with Crippen molar-refractivity contribution in [3.05, 3.63) is 71.5 Å². The molecule has 1 fully saturated rings. The van der Waals surface area contributed by atoms with Crippen LogP contribution in [0, 0.1) is 0 Å². The highest BCUT2D eigenvalue weighted by molar-refractivity contribution is 5.96. The Labute approximate surface area is 165 Å². The molecule has 5 heteroatoms. The normalized spacial score (nSPS) is 21.2. The second kappa shape index (κ2) is 7.78. The number of hydrogen-bond acceptors (Lipinski definition) is 4. The third kappa shape index (κ3) is 3.96. The van der Waals surface area contributed by atoms with Crippen LogP contribution in [0.1, 0.15) is 35.5 Å². The first-order valence-electron chi connectivity index (χ1n) is 9.84. The zero-order chi connectivity index (χ0) is 19.7. The van der Waals surface area contributed by atoms with Crippen LogP contribution >= 0.6 is 0 Å². The molecule has 28 heavy (non-hydrogen) atoms. The van der Waals surface area contributed by atoms with Crippen LogP contribution in [-0.4, -0.2) is 40.9 Å². The van der Waals surface area contributed by atoms with Crippen molar-refractivity contribution >= 4 is 16.9 Å². The summed E-state index contributed by atoms with van der Waals surface area (Å²) in [6.45, 7) is 8.35. The van der Waals surface area contributed by atoms with Crippen LogP contribution < -0.4 is 5.73 Å². The summed E-state index contributed by atoms with van der Waals surface area (Å²) in [5.41, 5.74) is 8.04. The maximum atomic E-state index is 11.4. The van der Waals surface area contributed by atoms with Crippen LogP contribution in [0.25, 0.3) is 11.0 Å². The van der Waals surface area contributed by atoms with Gasteiger partial charge >= 0.3 is 0 Å². The number of rotatable bonds is 5. The van der Waals surface area contributed by atoms with E-state index in [1.807, 2.05) is 12.1 Å². The topological polar surface area (TPSA) is 62.7 Å². The summed E-state index contributed by atoms with van der Waals surface area (Å²) in [4.78, 5) is 16.4. The van der Waals surface area contributed by atoms with E-state index >= 15 is 0 Å². The number of primary amides is 1. The third-order valence-corrected chi connectivity index (χ3v) is 5.62. The number of furan rings is 1. The Morgan fingerprint density at radius 3 is 2.43 bits per heavy atom. The maximum absolute atomic E-state index is 11.4. The molecule has 2 aromatic carbocycles. The van der Waals surface area contributed by atoms with E-state index in [1.54, 1.807) is 12.1 Å². The van der Waals surface area contributed by atoms with Gasteiger partial charge in [0.15, 0.2) is 0 Å². The number of amides is 1. The largest absolute Gasteiger partial charge is 0.460 e. The standard InChI is InChI=1S/C23H27N3O2/c1-16-12-25(13-17(2)26(16)14-18-6-4-3-5-7-18)15-21-11-20-10-19(23(24)27)8-9-22(20)28-21/h3-11,16-17H,12-15H2,1-2H3,(H2,24,27). The number of hydrogen-bond donors (Lipinski definition) is 1. The van der Waals surface area contributed by atoms with E-state index in [0.29, 0.717) is 17.6 Å². The molecule has 0 aliphatic carbocycles. The Hall–Kier alpha value is -2.63. The zero-order valence-electron chi connectivity index (χ0n) is 16.5. The Kier molecular flexibility index (Phi) is 5.20. The van der Waals surface area contributed by atoms with E-state index in [-0.39, 0.29) is 0 Å². The molecule has 1 aliphatic rings. The van der Waals surface area contributed by atoms with Gasteiger partial charge in [-0.05, 0) is 43.7 Å². The van der Waals surface area contributed by atoms with Crippen molar-refractivity contribution < 1.29 is 9.21 Å². The quantitative estimate of drug-likeness (QED) is 0.738. The Balaban J connectivity index is 1.43. The Bertz CT molecular complexity index is 954. The summed E-state index contributed by atoms with van der Waals surface area (Å²) in [6.07, 6.45) is 0. The van der Waals surface area contributed by atoms with Crippen molar-refractivity contribution in [2.75, 3.05) is 13.1 Å². The van der Waals surface area contributed by atoms with Crippen LogP contribution in [0.4, 0.5) is 0 Å². The average Bonchev–Trinajstić information content (AvgIpc) is 3.07. The summed E-state index contributed by atoms with van der Waals surface area (Å²) >= 11 is 0. The second-order valence-electron chi connectivity index (χ2n) is 7.88. The number of carbonyl (C=O) groups is 1. The van der Waals surface area contributed by atoms with Gasteiger partial charge in [-0.15, -0.1) is 0 Å². The molecule has 2 atom stereocenters. The average molecular weight is 377 g/mol. The minimum atomic E-state index is -0.415. The highest BCUT2D eigenvalue weighted by Crippen LogP contribution is 2.24. The number of nitrogens with two attached hydrogens (primary N) is 1. The minimum Gasteiger partial charge on any atom is -0.460 e. The predicted octanol–water partition coefficient (Wildman–Crippen LogP) is 3.63. The molecule has 1 aliphatic heterocycles. The predicted molar refractivity (Wildman–Crippen MR) is 111 cm³/mol. The molecular formula is C23H27N3O2. The van der Waals surface area contributed by atoms with Gasteiger partial charge < -0.3 is 10.2 Å². The van der Waals surface area contributed by atoms with E-state index in [2.05, 4.69) is 54.0 Å². The molecule has 1 saturated heterocycles. The molecule has 2 heterocycles. The first kappa shape index (κ1) is 18.7. The second-order valence-corrected chi connectivity index (χ2v) is 7.88. The fourth-order valence-electron chi connectivity index (χ4n) is 4.25. The van der Waals surface area contributed by atoms with Gasteiger partial charge in [0.2, 0.25) is 5.91 Å².